The van der Waals surface area contributed by atoms with Crippen molar-refractivity contribution in [2.75, 3.05) is 10.6 Å². The number of amides is 3. The summed E-state index contributed by atoms with van der Waals surface area (Å²) in [4.78, 5) is 22.9. The van der Waals surface area contributed by atoms with Gasteiger partial charge in [-0.05, 0) is 36.8 Å². The smallest absolute Gasteiger partial charge is 0.319 e. The summed E-state index contributed by atoms with van der Waals surface area (Å²) < 4.78 is 0. The van der Waals surface area contributed by atoms with Gasteiger partial charge in [0.15, 0.2) is 0 Å². The molecule has 0 fully saturated rings. The molecule has 1 unspecified atom stereocenters. The Labute approximate surface area is 129 Å². The predicted octanol–water partition coefficient (Wildman–Crippen LogP) is 3.53. The summed E-state index contributed by atoms with van der Waals surface area (Å²) in [6, 6.07) is 16.3. The highest BCUT2D eigenvalue weighted by Crippen LogP contribution is 2.15. The van der Waals surface area contributed by atoms with Crippen LogP contribution in [0.1, 0.15) is 25.5 Å². The number of urea groups is 1. The Kier molecular flexibility index (Phi) is 5.14. The Balaban J connectivity index is 1.90. The highest BCUT2D eigenvalue weighted by molar-refractivity contribution is 5.91. The van der Waals surface area contributed by atoms with E-state index in [-0.39, 0.29) is 18.0 Å². The van der Waals surface area contributed by atoms with Gasteiger partial charge in [0.2, 0.25) is 5.91 Å². The zero-order valence-electron chi connectivity index (χ0n) is 12.6. The summed E-state index contributed by atoms with van der Waals surface area (Å²) in [6.45, 7) is 3.37. The SMILES string of the molecule is CC(=O)Nc1ccc(NC(=O)NC(C)c2ccccc2)cc1. The monoisotopic (exact) mass is 297 g/mol. The fourth-order valence-corrected chi connectivity index (χ4v) is 2.03. The molecule has 0 aliphatic rings. The number of benzene rings is 2. The van der Waals surface area contributed by atoms with Gasteiger partial charge in [-0.25, -0.2) is 4.79 Å². The largest absolute Gasteiger partial charge is 0.331 e. The quantitative estimate of drug-likeness (QED) is 0.808. The maximum absolute atomic E-state index is 12.0. The molecule has 0 aliphatic heterocycles. The molecule has 22 heavy (non-hydrogen) atoms. The molecule has 2 aromatic rings. The summed E-state index contributed by atoms with van der Waals surface area (Å²) in [7, 11) is 0. The standard InChI is InChI=1S/C17H19N3O2/c1-12(14-6-4-3-5-7-14)18-17(22)20-16-10-8-15(9-11-16)19-13(2)21/h3-12H,1-2H3,(H,19,21)(H2,18,20,22). The molecule has 0 aliphatic carbocycles. The Morgan fingerprint density at radius 2 is 1.41 bits per heavy atom. The van der Waals surface area contributed by atoms with E-state index in [1.165, 1.54) is 6.92 Å². The molecule has 0 saturated heterocycles. The van der Waals surface area contributed by atoms with Gasteiger partial charge in [-0.2, -0.15) is 0 Å². The maximum atomic E-state index is 12.0. The molecule has 0 saturated carbocycles. The fraction of sp³-hybridized carbons (Fsp3) is 0.176. The van der Waals surface area contributed by atoms with Crippen LogP contribution in [0.5, 0.6) is 0 Å². The molecule has 2 aromatic carbocycles. The number of rotatable bonds is 4. The Morgan fingerprint density at radius 1 is 0.864 bits per heavy atom. The van der Waals surface area contributed by atoms with Crippen molar-refractivity contribution < 1.29 is 9.59 Å². The van der Waals surface area contributed by atoms with Gasteiger partial charge in [0.05, 0.1) is 6.04 Å². The van der Waals surface area contributed by atoms with Gasteiger partial charge in [0.25, 0.3) is 0 Å². The van der Waals surface area contributed by atoms with Crippen LogP contribution >= 0.6 is 0 Å². The van der Waals surface area contributed by atoms with E-state index in [2.05, 4.69) is 16.0 Å². The highest BCUT2D eigenvalue weighted by Gasteiger charge is 2.09. The second-order valence-corrected chi connectivity index (χ2v) is 4.99. The first-order valence-corrected chi connectivity index (χ1v) is 7.04. The number of carbonyl (C=O) groups is 2. The van der Waals surface area contributed by atoms with Crippen molar-refractivity contribution in [3.63, 3.8) is 0 Å². The third kappa shape index (κ3) is 4.63. The molecular weight excluding hydrogens is 278 g/mol. The second-order valence-electron chi connectivity index (χ2n) is 4.99. The van der Waals surface area contributed by atoms with E-state index < -0.39 is 0 Å². The van der Waals surface area contributed by atoms with Gasteiger partial charge in [-0.3, -0.25) is 4.79 Å². The minimum Gasteiger partial charge on any atom is -0.331 e. The van der Waals surface area contributed by atoms with Gasteiger partial charge in [0, 0.05) is 18.3 Å². The van der Waals surface area contributed by atoms with Gasteiger partial charge in [-0.1, -0.05) is 30.3 Å². The van der Waals surface area contributed by atoms with Gasteiger partial charge in [0.1, 0.15) is 0 Å². The van der Waals surface area contributed by atoms with Crippen LogP contribution in [0, 0.1) is 0 Å². The molecule has 0 bridgehead atoms. The van der Waals surface area contributed by atoms with Crippen molar-refractivity contribution in [2.45, 2.75) is 19.9 Å². The van der Waals surface area contributed by atoms with Crippen molar-refractivity contribution in [2.24, 2.45) is 0 Å². The van der Waals surface area contributed by atoms with Crippen LogP contribution in [-0.4, -0.2) is 11.9 Å². The number of hydrogen-bond donors (Lipinski definition) is 3. The normalized spacial score (nSPS) is 11.4. The predicted molar refractivity (Wildman–Crippen MR) is 87.8 cm³/mol. The topological polar surface area (TPSA) is 70.2 Å². The van der Waals surface area contributed by atoms with E-state index in [0.29, 0.717) is 11.4 Å². The van der Waals surface area contributed by atoms with Crippen molar-refractivity contribution >= 4 is 23.3 Å². The Bertz CT molecular complexity index is 639. The number of anilines is 2. The van der Waals surface area contributed by atoms with E-state index in [0.717, 1.165) is 5.56 Å². The zero-order valence-corrected chi connectivity index (χ0v) is 12.6. The summed E-state index contributed by atoms with van der Waals surface area (Å²) in [5.41, 5.74) is 2.39. The second kappa shape index (κ2) is 7.26. The lowest BCUT2D eigenvalue weighted by Gasteiger charge is -2.15. The third-order valence-corrected chi connectivity index (χ3v) is 3.11. The lowest BCUT2D eigenvalue weighted by Crippen LogP contribution is -2.31. The molecule has 0 aromatic heterocycles. The van der Waals surface area contributed by atoms with Gasteiger partial charge < -0.3 is 16.0 Å². The summed E-state index contributed by atoms with van der Waals surface area (Å²) >= 11 is 0. The van der Waals surface area contributed by atoms with E-state index in [9.17, 15) is 9.59 Å². The number of hydrogen-bond acceptors (Lipinski definition) is 2. The summed E-state index contributed by atoms with van der Waals surface area (Å²) in [5, 5.41) is 8.30. The van der Waals surface area contributed by atoms with E-state index in [1.54, 1.807) is 24.3 Å². The van der Waals surface area contributed by atoms with Crippen LogP contribution in [0.25, 0.3) is 0 Å². The molecule has 114 valence electrons. The molecule has 2 rings (SSSR count). The lowest BCUT2D eigenvalue weighted by atomic mass is 10.1. The van der Waals surface area contributed by atoms with Crippen LogP contribution < -0.4 is 16.0 Å². The Hall–Kier alpha value is -2.82. The molecule has 3 N–H and O–H groups in total. The van der Waals surface area contributed by atoms with Crippen LogP contribution in [0.2, 0.25) is 0 Å². The average molecular weight is 297 g/mol. The molecule has 0 spiro atoms. The first-order chi connectivity index (χ1) is 10.5. The van der Waals surface area contributed by atoms with Crippen molar-refractivity contribution in [3.05, 3.63) is 60.2 Å². The first-order valence-electron chi connectivity index (χ1n) is 7.04. The summed E-state index contributed by atoms with van der Waals surface area (Å²) in [5.74, 6) is -0.130. The van der Waals surface area contributed by atoms with Crippen molar-refractivity contribution in [3.8, 4) is 0 Å². The number of carbonyl (C=O) groups excluding carboxylic acids is 2. The zero-order chi connectivity index (χ0) is 15.9. The third-order valence-electron chi connectivity index (χ3n) is 3.11. The van der Waals surface area contributed by atoms with E-state index in [1.807, 2.05) is 37.3 Å². The minimum absolute atomic E-state index is 0.0835. The average Bonchev–Trinajstić information content (AvgIpc) is 2.49. The Morgan fingerprint density at radius 3 is 1.95 bits per heavy atom. The molecule has 5 nitrogen and oxygen atoms in total. The van der Waals surface area contributed by atoms with E-state index in [4.69, 9.17) is 0 Å². The minimum atomic E-state index is -0.274. The molecular formula is C17H19N3O2. The lowest BCUT2D eigenvalue weighted by molar-refractivity contribution is -0.114. The van der Waals surface area contributed by atoms with Crippen LogP contribution in [0.4, 0.5) is 16.2 Å². The van der Waals surface area contributed by atoms with Gasteiger partial charge >= 0.3 is 6.03 Å². The van der Waals surface area contributed by atoms with Crippen molar-refractivity contribution in [1.82, 2.24) is 5.32 Å². The summed E-state index contributed by atoms with van der Waals surface area (Å²) in [6.07, 6.45) is 0. The molecule has 0 heterocycles. The number of nitrogens with one attached hydrogen (secondary N) is 3. The van der Waals surface area contributed by atoms with Gasteiger partial charge in [-0.15, -0.1) is 0 Å². The van der Waals surface area contributed by atoms with Crippen LogP contribution in [0.3, 0.4) is 0 Å². The van der Waals surface area contributed by atoms with Crippen molar-refractivity contribution in [1.29, 1.82) is 0 Å². The van der Waals surface area contributed by atoms with Crippen LogP contribution in [0.15, 0.2) is 54.6 Å². The highest BCUT2D eigenvalue weighted by atomic mass is 16.2. The first kappa shape index (κ1) is 15.6. The molecule has 0 radical (unpaired) electrons. The van der Waals surface area contributed by atoms with E-state index >= 15 is 0 Å². The molecule has 1 atom stereocenters. The fourth-order valence-electron chi connectivity index (χ4n) is 2.03. The molecule has 3 amide bonds. The molecule has 5 heteroatoms. The maximum Gasteiger partial charge on any atom is 0.319 e. The van der Waals surface area contributed by atoms with Crippen LogP contribution in [-0.2, 0) is 4.79 Å².